The van der Waals surface area contributed by atoms with E-state index in [1.807, 2.05) is 18.9 Å². The molecular weight excluding hydrogens is 228 g/mol. The fourth-order valence-corrected chi connectivity index (χ4v) is 1.68. The topological polar surface area (TPSA) is 70.4 Å². The van der Waals surface area contributed by atoms with Gasteiger partial charge in [0, 0.05) is 32.0 Å². The molecule has 1 rings (SSSR count). The Morgan fingerprint density at radius 1 is 1.69 bits per heavy atom. The number of hydrogen-bond acceptors (Lipinski definition) is 5. The molecule has 1 heterocycles. The van der Waals surface area contributed by atoms with Crippen molar-refractivity contribution in [2.45, 2.75) is 6.92 Å². The Morgan fingerprint density at radius 2 is 2.50 bits per heavy atom. The fraction of sp³-hybridized carbons (Fsp3) is 0.556. The minimum atomic E-state index is -0.156. The number of anilines is 1. The molecule has 0 radical (unpaired) electrons. The number of rotatable bonds is 6. The molecule has 0 saturated heterocycles. The largest absolute Gasteiger partial charge is 0.363 e. The maximum absolute atomic E-state index is 11.0. The summed E-state index contributed by atoms with van der Waals surface area (Å²) in [4.78, 5) is 13.0. The van der Waals surface area contributed by atoms with Crippen LogP contribution in [0.2, 0.25) is 0 Å². The van der Waals surface area contributed by atoms with Crippen molar-refractivity contribution < 1.29 is 9.32 Å². The smallest absolute Gasteiger partial charge is 0.324 e. The summed E-state index contributed by atoms with van der Waals surface area (Å²) in [5.74, 6) is 1.57. The van der Waals surface area contributed by atoms with Crippen LogP contribution >= 0.6 is 11.9 Å². The predicted molar refractivity (Wildman–Crippen MR) is 64.4 cm³/mol. The van der Waals surface area contributed by atoms with Gasteiger partial charge in [0.2, 0.25) is 0 Å². The highest BCUT2D eigenvalue weighted by Crippen LogP contribution is 2.07. The van der Waals surface area contributed by atoms with Crippen LogP contribution in [-0.2, 0) is 0 Å². The summed E-state index contributed by atoms with van der Waals surface area (Å²) in [5, 5.41) is 6.45. The summed E-state index contributed by atoms with van der Waals surface area (Å²) in [7, 11) is 1.92. The quantitative estimate of drug-likeness (QED) is 0.579. The van der Waals surface area contributed by atoms with Gasteiger partial charge in [-0.15, -0.1) is 0 Å². The number of nitrogens with zero attached hydrogens (tertiary/aromatic N) is 2. The molecule has 0 aliphatic carbocycles. The standard InChI is InChI=1S/C9H16N4O2S/c1-3-10-9(14)12-16-7-5-13(2)8-4-6-15-11-8/h4,6H,3,5,7H2,1-2H3,(H2,10,12,14). The fourth-order valence-electron chi connectivity index (χ4n) is 1.01. The van der Waals surface area contributed by atoms with Gasteiger partial charge in [0.15, 0.2) is 5.82 Å². The molecule has 0 spiro atoms. The average Bonchev–Trinajstić information content (AvgIpc) is 2.78. The highest BCUT2D eigenvalue weighted by atomic mass is 32.2. The van der Waals surface area contributed by atoms with E-state index in [1.54, 1.807) is 6.07 Å². The van der Waals surface area contributed by atoms with Crippen LogP contribution < -0.4 is 14.9 Å². The first-order valence-corrected chi connectivity index (χ1v) is 5.99. The van der Waals surface area contributed by atoms with Crippen LogP contribution in [-0.4, -0.2) is 37.1 Å². The van der Waals surface area contributed by atoms with Crippen LogP contribution in [0.5, 0.6) is 0 Å². The van der Waals surface area contributed by atoms with Gasteiger partial charge in [0.25, 0.3) is 0 Å². The van der Waals surface area contributed by atoms with Gasteiger partial charge in [0.05, 0.1) is 0 Å². The summed E-state index contributed by atoms with van der Waals surface area (Å²) in [5.41, 5.74) is 0. The molecule has 0 fully saturated rings. The van der Waals surface area contributed by atoms with Gasteiger partial charge in [0.1, 0.15) is 6.26 Å². The van der Waals surface area contributed by atoms with Crippen molar-refractivity contribution in [1.82, 2.24) is 15.2 Å². The van der Waals surface area contributed by atoms with E-state index in [2.05, 4.69) is 15.2 Å². The van der Waals surface area contributed by atoms with Crippen LogP contribution in [0.1, 0.15) is 6.92 Å². The monoisotopic (exact) mass is 244 g/mol. The normalized spacial score (nSPS) is 9.88. The summed E-state index contributed by atoms with van der Waals surface area (Å²) in [6.45, 7) is 3.29. The van der Waals surface area contributed by atoms with Crippen molar-refractivity contribution in [1.29, 1.82) is 0 Å². The van der Waals surface area contributed by atoms with E-state index in [9.17, 15) is 4.79 Å². The number of carbonyl (C=O) groups excluding carboxylic acids is 1. The molecule has 2 N–H and O–H groups in total. The van der Waals surface area contributed by atoms with E-state index in [1.165, 1.54) is 18.2 Å². The molecule has 90 valence electrons. The van der Waals surface area contributed by atoms with Gasteiger partial charge in [-0.3, -0.25) is 4.72 Å². The number of aromatic nitrogens is 1. The predicted octanol–water partition coefficient (Wildman–Crippen LogP) is 1.08. The van der Waals surface area contributed by atoms with E-state index in [4.69, 9.17) is 4.52 Å². The van der Waals surface area contributed by atoms with E-state index >= 15 is 0 Å². The summed E-state index contributed by atoms with van der Waals surface area (Å²) < 4.78 is 7.41. The summed E-state index contributed by atoms with van der Waals surface area (Å²) >= 11 is 1.36. The van der Waals surface area contributed by atoms with Gasteiger partial charge >= 0.3 is 6.03 Å². The van der Waals surface area contributed by atoms with E-state index < -0.39 is 0 Å². The number of hydrogen-bond donors (Lipinski definition) is 2. The summed E-state index contributed by atoms with van der Waals surface area (Å²) in [6, 6.07) is 1.64. The van der Waals surface area contributed by atoms with Crippen LogP contribution in [0, 0.1) is 0 Å². The number of amides is 2. The SMILES string of the molecule is CCNC(=O)NSCCN(C)c1ccon1. The third-order valence-corrected chi connectivity index (χ3v) is 2.56. The summed E-state index contributed by atoms with van der Waals surface area (Å²) in [6.07, 6.45) is 1.53. The lowest BCUT2D eigenvalue weighted by molar-refractivity contribution is 0.247. The van der Waals surface area contributed by atoms with Crippen molar-refractivity contribution in [2.75, 3.05) is 30.8 Å². The van der Waals surface area contributed by atoms with Crippen molar-refractivity contribution >= 4 is 23.8 Å². The first-order valence-electron chi connectivity index (χ1n) is 5.01. The molecule has 1 aromatic rings. The third-order valence-electron chi connectivity index (χ3n) is 1.85. The molecule has 0 aliphatic heterocycles. The lowest BCUT2D eigenvalue weighted by atomic mass is 10.5. The van der Waals surface area contributed by atoms with Gasteiger partial charge < -0.3 is 14.7 Å². The first kappa shape index (κ1) is 12.7. The Labute approximate surface area is 98.9 Å². The number of nitrogens with one attached hydrogen (secondary N) is 2. The second kappa shape index (κ2) is 7.00. The minimum Gasteiger partial charge on any atom is -0.363 e. The molecule has 0 saturated carbocycles. The molecule has 1 aromatic heterocycles. The Bertz CT molecular complexity index is 304. The zero-order chi connectivity index (χ0) is 11.8. The van der Waals surface area contributed by atoms with Gasteiger partial charge in [-0.05, 0) is 18.9 Å². The second-order valence-corrected chi connectivity index (χ2v) is 3.99. The van der Waals surface area contributed by atoms with Crippen LogP contribution in [0.3, 0.4) is 0 Å². The van der Waals surface area contributed by atoms with Crippen molar-refractivity contribution in [3.05, 3.63) is 12.3 Å². The molecule has 7 heteroatoms. The van der Waals surface area contributed by atoms with E-state index in [0.717, 1.165) is 18.1 Å². The Balaban J connectivity index is 2.09. The van der Waals surface area contributed by atoms with Gasteiger partial charge in [-0.25, -0.2) is 4.79 Å². The molecule has 0 aliphatic rings. The average molecular weight is 244 g/mol. The van der Waals surface area contributed by atoms with Gasteiger partial charge in [-0.1, -0.05) is 5.16 Å². The zero-order valence-corrected chi connectivity index (χ0v) is 10.2. The highest BCUT2D eigenvalue weighted by Gasteiger charge is 2.04. The Kier molecular flexibility index (Phi) is 5.55. The molecule has 2 amide bonds. The van der Waals surface area contributed by atoms with E-state index in [-0.39, 0.29) is 6.03 Å². The van der Waals surface area contributed by atoms with Crippen molar-refractivity contribution in [3.8, 4) is 0 Å². The number of urea groups is 1. The molecule has 0 unspecified atom stereocenters. The molecule has 6 nitrogen and oxygen atoms in total. The minimum absolute atomic E-state index is 0.156. The molecular formula is C9H16N4O2S. The maximum atomic E-state index is 11.0. The second-order valence-electron chi connectivity index (χ2n) is 3.09. The van der Waals surface area contributed by atoms with Crippen LogP contribution in [0.4, 0.5) is 10.6 Å². The van der Waals surface area contributed by atoms with E-state index in [0.29, 0.717) is 6.54 Å². The zero-order valence-electron chi connectivity index (χ0n) is 9.40. The lowest BCUT2D eigenvalue weighted by Crippen LogP contribution is -2.32. The maximum Gasteiger partial charge on any atom is 0.324 e. The first-order chi connectivity index (χ1) is 7.74. The van der Waals surface area contributed by atoms with Crippen molar-refractivity contribution in [2.24, 2.45) is 0 Å². The third kappa shape index (κ3) is 4.43. The molecule has 0 atom stereocenters. The molecule has 0 aromatic carbocycles. The Hall–Kier alpha value is -1.37. The Morgan fingerprint density at radius 3 is 3.12 bits per heavy atom. The highest BCUT2D eigenvalue weighted by molar-refractivity contribution is 7.97. The van der Waals surface area contributed by atoms with Gasteiger partial charge in [-0.2, -0.15) is 0 Å². The van der Waals surface area contributed by atoms with Crippen LogP contribution in [0.15, 0.2) is 16.9 Å². The lowest BCUT2D eigenvalue weighted by Gasteiger charge is -2.14. The van der Waals surface area contributed by atoms with Crippen molar-refractivity contribution in [3.63, 3.8) is 0 Å². The van der Waals surface area contributed by atoms with Crippen LogP contribution in [0.25, 0.3) is 0 Å². The number of carbonyl (C=O) groups is 1. The molecule has 16 heavy (non-hydrogen) atoms. The molecule has 0 bridgehead atoms.